The number of aromatic nitrogens is 2. The number of aryl methyl sites for hydroxylation is 1. The summed E-state index contributed by atoms with van der Waals surface area (Å²) in [5.74, 6) is 0.354. The van der Waals surface area contributed by atoms with Crippen molar-refractivity contribution in [3.63, 3.8) is 0 Å². The Morgan fingerprint density at radius 1 is 1.19 bits per heavy atom. The van der Waals surface area contributed by atoms with Crippen LogP contribution in [-0.4, -0.2) is 9.78 Å². The minimum Gasteiger partial charge on any atom is -0.422 e. The Morgan fingerprint density at radius 2 is 1.89 bits per heavy atom. The van der Waals surface area contributed by atoms with E-state index < -0.39 is 0 Å². The van der Waals surface area contributed by atoms with Gasteiger partial charge in [0.15, 0.2) is 0 Å². The lowest BCUT2D eigenvalue weighted by molar-refractivity contribution is 0.352. The van der Waals surface area contributed by atoms with Gasteiger partial charge in [-0.2, -0.15) is 10.4 Å². The van der Waals surface area contributed by atoms with E-state index in [-0.39, 0.29) is 11.8 Å². The standard InChI is InChI=1S/C21H17ClN4O/c1-13-18-19(15-7-9-16(22)10-8-15)17(11-23)20(24)27-21(18)26(25-13)12-14-5-3-2-4-6-14/h2-10,19H,12,24H2,1H3/t19-/m0/s1. The van der Waals surface area contributed by atoms with Crippen LogP contribution in [0, 0.1) is 18.3 Å². The second-order valence-corrected chi connectivity index (χ2v) is 6.86. The first kappa shape index (κ1) is 17.2. The molecule has 0 fully saturated rings. The zero-order valence-electron chi connectivity index (χ0n) is 14.7. The van der Waals surface area contributed by atoms with Gasteiger partial charge in [0.1, 0.15) is 11.6 Å². The molecule has 6 heteroatoms. The molecule has 3 aromatic rings. The maximum Gasteiger partial charge on any atom is 0.224 e. The molecule has 5 nitrogen and oxygen atoms in total. The van der Waals surface area contributed by atoms with E-state index in [0.717, 1.165) is 22.4 Å². The SMILES string of the molecule is Cc1nn(Cc2ccccc2)c2c1[C@@H](c1ccc(Cl)cc1)C(C#N)=C(N)O2. The first-order valence-electron chi connectivity index (χ1n) is 8.52. The fourth-order valence-electron chi connectivity index (χ4n) is 3.43. The van der Waals surface area contributed by atoms with Crippen molar-refractivity contribution in [1.82, 2.24) is 9.78 Å². The van der Waals surface area contributed by atoms with Crippen LogP contribution in [0.5, 0.6) is 5.88 Å². The number of nitrogens with two attached hydrogens (primary N) is 1. The zero-order valence-corrected chi connectivity index (χ0v) is 15.4. The number of nitrogens with zero attached hydrogens (tertiary/aromatic N) is 3. The van der Waals surface area contributed by atoms with Gasteiger partial charge < -0.3 is 10.5 Å². The van der Waals surface area contributed by atoms with Crippen molar-refractivity contribution in [2.45, 2.75) is 19.4 Å². The highest BCUT2D eigenvalue weighted by molar-refractivity contribution is 6.30. The summed E-state index contributed by atoms with van der Waals surface area (Å²) in [6.07, 6.45) is 0. The summed E-state index contributed by atoms with van der Waals surface area (Å²) in [7, 11) is 0. The summed E-state index contributed by atoms with van der Waals surface area (Å²) in [4.78, 5) is 0. The van der Waals surface area contributed by atoms with Crippen LogP contribution >= 0.6 is 11.6 Å². The minimum absolute atomic E-state index is 0.110. The van der Waals surface area contributed by atoms with E-state index in [9.17, 15) is 5.26 Å². The first-order valence-corrected chi connectivity index (χ1v) is 8.90. The van der Waals surface area contributed by atoms with E-state index in [0.29, 0.717) is 23.0 Å². The van der Waals surface area contributed by atoms with Crippen LogP contribution in [-0.2, 0) is 6.54 Å². The van der Waals surface area contributed by atoms with Crippen molar-refractivity contribution in [3.8, 4) is 11.9 Å². The van der Waals surface area contributed by atoms with Crippen LogP contribution in [0.25, 0.3) is 0 Å². The van der Waals surface area contributed by atoms with Gasteiger partial charge in [0.2, 0.25) is 11.8 Å². The van der Waals surface area contributed by atoms with E-state index in [1.807, 2.05) is 49.4 Å². The Morgan fingerprint density at radius 3 is 2.56 bits per heavy atom. The third kappa shape index (κ3) is 3.05. The molecule has 0 unspecified atom stereocenters. The Balaban J connectivity index is 1.85. The molecule has 4 rings (SSSR count). The highest BCUT2D eigenvalue weighted by atomic mass is 35.5. The number of allylic oxidation sites excluding steroid dienone is 1. The average Bonchev–Trinajstić information content (AvgIpc) is 2.97. The van der Waals surface area contributed by atoms with E-state index in [4.69, 9.17) is 22.1 Å². The molecule has 0 spiro atoms. The quantitative estimate of drug-likeness (QED) is 0.746. The second-order valence-electron chi connectivity index (χ2n) is 6.42. The van der Waals surface area contributed by atoms with E-state index in [1.165, 1.54) is 0 Å². The van der Waals surface area contributed by atoms with Crippen molar-refractivity contribution in [2.24, 2.45) is 5.73 Å². The van der Waals surface area contributed by atoms with Crippen molar-refractivity contribution in [2.75, 3.05) is 0 Å². The van der Waals surface area contributed by atoms with Crippen LogP contribution in [0.3, 0.4) is 0 Å². The molecule has 1 aliphatic rings. The Hall–Kier alpha value is -3.23. The van der Waals surface area contributed by atoms with Gasteiger partial charge in [-0.05, 0) is 30.2 Å². The van der Waals surface area contributed by atoms with Crippen LogP contribution in [0.1, 0.15) is 28.3 Å². The normalized spacial score (nSPS) is 15.8. The molecule has 134 valence electrons. The summed E-state index contributed by atoms with van der Waals surface area (Å²) in [6, 6.07) is 19.6. The smallest absolute Gasteiger partial charge is 0.224 e. The summed E-state index contributed by atoms with van der Waals surface area (Å²) in [5, 5.41) is 15.0. The highest BCUT2D eigenvalue weighted by Crippen LogP contribution is 2.44. The number of nitriles is 1. The lowest BCUT2D eigenvalue weighted by Gasteiger charge is -2.25. The maximum atomic E-state index is 9.69. The van der Waals surface area contributed by atoms with Crippen molar-refractivity contribution in [1.29, 1.82) is 5.26 Å². The molecule has 2 aromatic carbocycles. The highest BCUT2D eigenvalue weighted by Gasteiger charge is 2.35. The Kier molecular flexibility index (Phi) is 4.35. The number of rotatable bonds is 3. The first-order chi connectivity index (χ1) is 13.1. The van der Waals surface area contributed by atoms with E-state index in [2.05, 4.69) is 11.2 Å². The molecule has 2 N–H and O–H groups in total. The largest absolute Gasteiger partial charge is 0.422 e. The summed E-state index contributed by atoms with van der Waals surface area (Å²) in [5.41, 5.74) is 10.2. The summed E-state index contributed by atoms with van der Waals surface area (Å²) < 4.78 is 7.64. The zero-order chi connectivity index (χ0) is 19.0. The number of hydrogen-bond donors (Lipinski definition) is 1. The average molecular weight is 377 g/mol. The van der Waals surface area contributed by atoms with Crippen LogP contribution < -0.4 is 10.5 Å². The molecule has 0 amide bonds. The van der Waals surface area contributed by atoms with Crippen molar-refractivity contribution in [3.05, 3.63) is 93.5 Å². The minimum atomic E-state index is -0.333. The predicted molar refractivity (Wildman–Crippen MR) is 103 cm³/mol. The molecule has 1 aliphatic heterocycles. The lowest BCUT2D eigenvalue weighted by atomic mass is 9.84. The van der Waals surface area contributed by atoms with Crippen molar-refractivity contribution < 1.29 is 4.74 Å². The van der Waals surface area contributed by atoms with Gasteiger partial charge in [-0.25, -0.2) is 4.68 Å². The molecule has 0 aliphatic carbocycles. The Labute approximate surface area is 162 Å². The Bertz CT molecular complexity index is 1060. The van der Waals surface area contributed by atoms with Gasteiger partial charge in [-0.15, -0.1) is 0 Å². The fraction of sp³-hybridized carbons (Fsp3) is 0.143. The van der Waals surface area contributed by atoms with Gasteiger partial charge in [0.05, 0.1) is 23.7 Å². The number of hydrogen-bond acceptors (Lipinski definition) is 4. The molecule has 1 atom stereocenters. The lowest BCUT2D eigenvalue weighted by Crippen LogP contribution is -2.22. The molecule has 0 saturated carbocycles. The van der Waals surface area contributed by atoms with Crippen LogP contribution in [0.2, 0.25) is 5.02 Å². The van der Waals surface area contributed by atoms with E-state index >= 15 is 0 Å². The van der Waals surface area contributed by atoms with Crippen LogP contribution in [0.4, 0.5) is 0 Å². The van der Waals surface area contributed by atoms with Gasteiger partial charge in [-0.1, -0.05) is 54.1 Å². The summed E-state index contributed by atoms with van der Waals surface area (Å²) in [6.45, 7) is 2.47. The van der Waals surface area contributed by atoms with Crippen molar-refractivity contribution >= 4 is 11.6 Å². The number of fused-ring (bicyclic) bond motifs is 1. The topological polar surface area (TPSA) is 76.9 Å². The monoisotopic (exact) mass is 376 g/mol. The predicted octanol–water partition coefficient (Wildman–Crippen LogP) is 4.11. The fourth-order valence-corrected chi connectivity index (χ4v) is 3.56. The number of halogens is 1. The molecule has 0 bridgehead atoms. The molecule has 1 aromatic heterocycles. The van der Waals surface area contributed by atoms with Gasteiger partial charge in [0.25, 0.3) is 0 Å². The maximum absolute atomic E-state index is 9.69. The molecule has 0 radical (unpaired) electrons. The summed E-state index contributed by atoms with van der Waals surface area (Å²) >= 11 is 6.03. The molecular formula is C21H17ClN4O. The molecule has 0 saturated heterocycles. The van der Waals surface area contributed by atoms with Gasteiger partial charge in [-0.3, -0.25) is 0 Å². The van der Waals surface area contributed by atoms with Gasteiger partial charge >= 0.3 is 0 Å². The third-order valence-electron chi connectivity index (χ3n) is 4.67. The molecule has 27 heavy (non-hydrogen) atoms. The number of ether oxygens (including phenoxy) is 1. The molecule has 2 heterocycles. The number of benzene rings is 2. The van der Waals surface area contributed by atoms with Gasteiger partial charge in [0, 0.05) is 5.02 Å². The molecular weight excluding hydrogens is 360 g/mol. The van der Waals surface area contributed by atoms with E-state index in [1.54, 1.807) is 16.8 Å². The van der Waals surface area contributed by atoms with Crippen LogP contribution in [0.15, 0.2) is 66.1 Å². The second kappa shape index (κ2) is 6.82. The third-order valence-corrected chi connectivity index (χ3v) is 4.93.